The molecule has 2 amide bonds. The molecule has 3 aromatic rings. The van der Waals surface area contributed by atoms with Crippen LogP contribution in [0.3, 0.4) is 0 Å². The molecule has 1 saturated heterocycles. The Balaban J connectivity index is 1.26. The molecule has 7 heteroatoms. The van der Waals surface area contributed by atoms with Gasteiger partial charge in [0.2, 0.25) is 5.91 Å². The lowest BCUT2D eigenvalue weighted by Crippen LogP contribution is -2.39. The van der Waals surface area contributed by atoms with Crippen molar-refractivity contribution in [2.24, 2.45) is 0 Å². The van der Waals surface area contributed by atoms with Crippen LogP contribution in [0.5, 0.6) is 11.5 Å². The minimum absolute atomic E-state index is 0.154. The molecule has 1 fully saturated rings. The molecule has 29 heavy (non-hydrogen) atoms. The van der Waals surface area contributed by atoms with E-state index in [0.29, 0.717) is 36.9 Å². The number of aromatic nitrogens is 1. The highest BCUT2D eigenvalue weighted by atomic mass is 16.6. The van der Waals surface area contributed by atoms with Crippen LogP contribution in [0.4, 0.5) is 5.69 Å². The summed E-state index contributed by atoms with van der Waals surface area (Å²) in [5.74, 6) is 0.750. The molecule has 0 radical (unpaired) electrons. The molecule has 0 aliphatic carbocycles. The number of hydrogen-bond acceptors (Lipinski definition) is 5. The third-order valence-corrected chi connectivity index (χ3v) is 5.39. The van der Waals surface area contributed by atoms with Gasteiger partial charge in [0.15, 0.2) is 11.5 Å². The van der Waals surface area contributed by atoms with Gasteiger partial charge in [0, 0.05) is 29.7 Å². The molecule has 2 aromatic carbocycles. The Hall–Kier alpha value is -3.32. The summed E-state index contributed by atoms with van der Waals surface area (Å²) in [6, 6.07) is 12.8. The number of H-pyrrole nitrogens is 1. The van der Waals surface area contributed by atoms with Crippen LogP contribution in [0, 0.1) is 0 Å². The molecule has 0 bridgehead atoms. The number of ether oxygens (including phenoxy) is 2. The fourth-order valence-corrected chi connectivity index (χ4v) is 3.95. The van der Waals surface area contributed by atoms with E-state index in [1.54, 1.807) is 18.2 Å². The van der Waals surface area contributed by atoms with E-state index in [0.717, 1.165) is 11.9 Å². The first-order valence-corrected chi connectivity index (χ1v) is 9.75. The summed E-state index contributed by atoms with van der Waals surface area (Å²) in [4.78, 5) is 29.9. The van der Waals surface area contributed by atoms with Crippen molar-refractivity contribution in [1.82, 2.24) is 10.3 Å². The van der Waals surface area contributed by atoms with E-state index in [-0.39, 0.29) is 18.2 Å². The number of carbonyl (C=O) groups excluding carboxylic acids is 2. The Bertz CT molecular complexity index is 1090. The molecule has 7 nitrogen and oxygen atoms in total. The number of rotatable bonds is 5. The Kier molecular flexibility index (Phi) is 4.44. The van der Waals surface area contributed by atoms with E-state index in [1.807, 2.05) is 24.4 Å². The number of hydrogen-bond donors (Lipinski definition) is 2. The highest BCUT2D eigenvalue weighted by molar-refractivity contribution is 6.22. The maximum absolute atomic E-state index is 12.9. The number of aromatic amines is 1. The van der Waals surface area contributed by atoms with Crippen molar-refractivity contribution >= 4 is 28.4 Å². The van der Waals surface area contributed by atoms with Gasteiger partial charge in [0.1, 0.15) is 13.2 Å². The maximum atomic E-state index is 12.9. The predicted molar refractivity (Wildman–Crippen MR) is 108 cm³/mol. The number of nitrogens with one attached hydrogen (secondary N) is 2. The highest BCUT2D eigenvalue weighted by Gasteiger charge is 2.39. The SMILES string of the molecule is O=C1C[C@@H](NCCc2c[nH]c3ccccc23)C(=O)N1c1ccc2c(c1)OCCO2. The lowest BCUT2D eigenvalue weighted by atomic mass is 10.1. The summed E-state index contributed by atoms with van der Waals surface area (Å²) in [5, 5.41) is 4.43. The summed E-state index contributed by atoms with van der Waals surface area (Å²) in [6.45, 7) is 1.56. The fraction of sp³-hybridized carbons (Fsp3) is 0.273. The number of imide groups is 1. The van der Waals surface area contributed by atoms with Crippen LogP contribution >= 0.6 is 0 Å². The molecular weight excluding hydrogens is 370 g/mol. The van der Waals surface area contributed by atoms with Crippen molar-refractivity contribution in [3.05, 3.63) is 54.2 Å². The van der Waals surface area contributed by atoms with Crippen LogP contribution in [0.1, 0.15) is 12.0 Å². The smallest absolute Gasteiger partial charge is 0.251 e. The van der Waals surface area contributed by atoms with Crippen LogP contribution in [0.25, 0.3) is 10.9 Å². The van der Waals surface area contributed by atoms with Gasteiger partial charge in [0.25, 0.3) is 5.91 Å². The zero-order valence-electron chi connectivity index (χ0n) is 15.8. The van der Waals surface area contributed by atoms with Crippen molar-refractivity contribution in [3.8, 4) is 11.5 Å². The Morgan fingerprint density at radius 1 is 1.07 bits per heavy atom. The molecule has 148 valence electrons. The van der Waals surface area contributed by atoms with E-state index >= 15 is 0 Å². The predicted octanol–water partition coefficient (Wildman–Crippen LogP) is 2.40. The van der Waals surface area contributed by atoms with Crippen LogP contribution in [0.2, 0.25) is 0 Å². The zero-order chi connectivity index (χ0) is 19.8. The lowest BCUT2D eigenvalue weighted by Gasteiger charge is -2.21. The number of fused-ring (bicyclic) bond motifs is 2. The second-order valence-corrected chi connectivity index (χ2v) is 7.22. The van der Waals surface area contributed by atoms with Crippen molar-refractivity contribution in [1.29, 1.82) is 0 Å². The van der Waals surface area contributed by atoms with Crippen molar-refractivity contribution in [3.63, 3.8) is 0 Å². The van der Waals surface area contributed by atoms with E-state index < -0.39 is 6.04 Å². The Morgan fingerprint density at radius 3 is 2.79 bits per heavy atom. The third kappa shape index (κ3) is 3.23. The first-order valence-electron chi connectivity index (χ1n) is 9.75. The number of carbonyl (C=O) groups is 2. The molecule has 1 atom stereocenters. The molecule has 1 aromatic heterocycles. The summed E-state index contributed by atoms with van der Waals surface area (Å²) in [5.41, 5.74) is 2.80. The van der Waals surface area contributed by atoms with E-state index in [1.165, 1.54) is 15.8 Å². The van der Waals surface area contributed by atoms with Gasteiger partial charge in [-0.2, -0.15) is 0 Å². The minimum Gasteiger partial charge on any atom is -0.486 e. The molecule has 0 spiro atoms. The van der Waals surface area contributed by atoms with Gasteiger partial charge < -0.3 is 19.8 Å². The largest absolute Gasteiger partial charge is 0.486 e. The number of para-hydroxylation sites is 1. The highest BCUT2D eigenvalue weighted by Crippen LogP contribution is 2.35. The molecular formula is C22H21N3O4. The third-order valence-electron chi connectivity index (χ3n) is 5.39. The second-order valence-electron chi connectivity index (χ2n) is 7.22. The Labute approximate surface area is 167 Å². The normalized spacial score (nSPS) is 18.6. The van der Waals surface area contributed by atoms with E-state index in [4.69, 9.17) is 9.47 Å². The number of benzene rings is 2. The van der Waals surface area contributed by atoms with E-state index in [9.17, 15) is 9.59 Å². The summed E-state index contributed by atoms with van der Waals surface area (Å²) < 4.78 is 11.1. The number of nitrogens with zero attached hydrogens (tertiary/aromatic N) is 1. The van der Waals surface area contributed by atoms with Gasteiger partial charge in [-0.05, 0) is 30.2 Å². The van der Waals surface area contributed by atoms with Gasteiger partial charge in [-0.15, -0.1) is 0 Å². The maximum Gasteiger partial charge on any atom is 0.251 e. The minimum atomic E-state index is -0.513. The summed E-state index contributed by atoms with van der Waals surface area (Å²) >= 11 is 0. The lowest BCUT2D eigenvalue weighted by molar-refractivity contribution is -0.121. The Morgan fingerprint density at radius 2 is 1.90 bits per heavy atom. The van der Waals surface area contributed by atoms with Gasteiger partial charge in [-0.1, -0.05) is 18.2 Å². The molecule has 0 unspecified atom stereocenters. The molecule has 0 saturated carbocycles. The van der Waals surface area contributed by atoms with Crippen LogP contribution in [-0.2, 0) is 16.0 Å². The second kappa shape index (κ2) is 7.25. The molecule has 2 aliphatic heterocycles. The van der Waals surface area contributed by atoms with Gasteiger partial charge in [-0.25, -0.2) is 4.90 Å². The summed E-state index contributed by atoms with van der Waals surface area (Å²) in [6.07, 6.45) is 2.92. The average molecular weight is 391 g/mol. The monoisotopic (exact) mass is 391 g/mol. The van der Waals surface area contributed by atoms with E-state index in [2.05, 4.69) is 16.4 Å². The first-order chi connectivity index (χ1) is 14.2. The molecule has 5 rings (SSSR count). The molecule has 2 N–H and O–H groups in total. The molecule has 2 aliphatic rings. The number of amides is 2. The standard InChI is InChI=1S/C22H21N3O4/c26-21-12-18(23-8-7-14-13-24-17-4-2-1-3-16(14)17)22(27)25(21)15-5-6-19-20(11-15)29-10-9-28-19/h1-6,11,13,18,23-24H,7-10,12H2/t18-/m1/s1. The first kappa shape index (κ1) is 17.8. The van der Waals surface area contributed by atoms with Gasteiger partial charge in [0.05, 0.1) is 18.2 Å². The average Bonchev–Trinajstić information content (AvgIpc) is 3.28. The summed E-state index contributed by atoms with van der Waals surface area (Å²) in [7, 11) is 0. The zero-order valence-corrected chi connectivity index (χ0v) is 15.8. The van der Waals surface area contributed by atoms with Gasteiger partial charge in [-0.3, -0.25) is 9.59 Å². The fourth-order valence-electron chi connectivity index (χ4n) is 3.95. The van der Waals surface area contributed by atoms with Gasteiger partial charge >= 0.3 is 0 Å². The van der Waals surface area contributed by atoms with Crippen LogP contribution in [0.15, 0.2) is 48.7 Å². The molecule has 3 heterocycles. The van der Waals surface area contributed by atoms with Crippen LogP contribution in [-0.4, -0.2) is 42.6 Å². The number of anilines is 1. The quantitative estimate of drug-likeness (QED) is 0.653. The van der Waals surface area contributed by atoms with Crippen molar-refractivity contribution < 1.29 is 19.1 Å². The van der Waals surface area contributed by atoms with Crippen LogP contribution < -0.4 is 19.7 Å². The van der Waals surface area contributed by atoms with Crippen molar-refractivity contribution in [2.45, 2.75) is 18.9 Å². The van der Waals surface area contributed by atoms with Crippen molar-refractivity contribution in [2.75, 3.05) is 24.7 Å². The topological polar surface area (TPSA) is 83.7 Å².